The number of nitro benzene ring substituents is 1. The number of nitrogens with zero attached hydrogens (tertiary/aromatic N) is 4. The van der Waals surface area contributed by atoms with E-state index in [1.54, 1.807) is 44.2 Å². The van der Waals surface area contributed by atoms with Gasteiger partial charge in [-0.05, 0) is 62.9 Å². The Morgan fingerprint density at radius 1 is 1.16 bits per heavy atom. The van der Waals surface area contributed by atoms with Gasteiger partial charge in [-0.2, -0.15) is 0 Å². The molecule has 2 aliphatic rings. The van der Waals surface area contributed by atoms with Gasteiger partial charge in [-0.15, -0.1) is 0 Å². The largest absolute Gasteiger partial charge is 0.497 e. The Bertz CT molecular complexity index is 1780. The van der Waals surface area contributed by atoms with Crippen molar-refractivity contribution in [3.8, 4) is 11.5 Å². The van der Waals surface area contributed by atoms with Crippen LogP contribution in [0.15, 0.2) is 57.5 Å². The van der Waals surface area contributed by atoms with Crippen LogP contribution >= 0.6 is 11.3 Å². The summed E-state index contributed by atoms with van der Waals surface area (Å²) in [5.41, 5.74) is 2.12. The van der Waals surface area contributed by atoms with Gasteiger partial charge in [0.25, 0.3) is 11.2 Å². The van der Waals surface area contributed by atoms with E-state index in [1.807, 2.05) is 0 Å². The number of carbonyl (C=O) groups excluding carboxylic acids is 1. The molecular weight excluding hydrogens is 572 g/mol. The first-order valence-electron chi connectivity index (χ1n) is 14.1. The third kappa shape index (κ3) is 5.79. The third-order valence-electron chi connectivity index (χ3n) is 7.88. The molecule has 43 heavy (non-hydrogen) atoms. The van der Waals surface area contributed by atoms with Gasteiger partial charge in [0.15, 0.2) is 4.80 Å². The molecule has 0 bridgehead atoms. The summed E-state index contributed by atoms with van der Waals surface area (Å²) in [7, 11) is 3.05. The van der Waals surface area contributed by atoms with E-state index in [-0.39, 0.29) is 17.9 Å². The molecule has 1 aromatic heterocycles. The molecule has 0 N–H and O–H groups in total. The van der Waals surface area contributed by atoms with Crippen LogP contribution in [0.2, 0.25) is 0 Å². The van der Waals surface area contributed by atoms with E-state index in [1.165, 1.54) is 30.9 Å². The SMILES string of the molecule is CCOC(=O)C1=C(C)N=c2s/c(=C/c3cc([N+](=O)[O-])ccc3N3CCC(C)CC3)c(=O)n2[C@H]1c1cc(OC)ccc1OC. The molecule has 226 valence electrons. The van der Waals surface area contributed by atoms with Crippen LogP contribution < -0.4 is 29.3 Å². The summed E-state index contributed by atoms with van der Waals surface area (Å²) in [5.74, 6) is 0.991. The standard InChI is InChI=1S/C31H34N4O7S/c1-6-42-30(37)27-19(3)32-31-34(28(27)23-17-22(40-4)8-10-25(23)41-5)29(36)26(43-31)16-20-15-21(35(38)39)7-9-24(20)33-13-11-18(2)12-14-33/h7-10,15-18,28H,6,11-14H2,1-5H3/b26-16+/t28-/m0/s1. The second-order valence-corrected chi connectivity index (χ2v) is 11.6. The van der Waals surface area contributed by atoms with Crippen molar-refractivity contribution in [2.75, 3.05) is 38.8 Å². The normalized spacial score (nSPS) is 17.4. The molecule has 1 atom stereocenters. The monoisotopic (exact) mass is 606 g/mol. The van der Waals surface area contributed by atoms with Crippen molar-refractivity contribution in [2.24, 2.45) is 10.9 Å². The van der Waals surface area contributed by atoms with E-state index >= 15 is 0 Å². The van der Waals surface area contributed by atoms with E-state index in [0.717, 1.165) is 43.0 Å². The molecule has 2 aliphatic heterocycles. The van der Waals surface area contributed by atoms with Crippen molar-refractivity contribution in [3.63, 3.8) is 0 Å². The fraction of sp³-hybridized carbons (Fsp3) is 0.387. The molecule has 1 fully saturated rings. The first-order chi connectivity index (χ1) is 20.7. The second kappa shape index (κ2) is 12.4. The summed E-state index contributed by atoms with van der Waals surface area (Å²) in [5, 5.41) is 11.7. The molecule has 5 rings (SSSR count). The Morgan fingerprint density at radius 2 is 1.91 bits per heavy atom. The van der Waals surface area contributed by atoms with Crippen LogP contribution in [0.4, 0.5) is 11.4 Å². The predicted octanol–water partition coefficient (Wildman–Crippen LogP) is 3.96. The number of carbonyl (C=O) groups is 1. The van der Waals surface area contributed by atoms with Crippen LogP contribution in [-0.2, 0) is 9.53 Å². The number of methoxy groups -OCH3 is 2. The number of hydrogen-bond acceptors (Lipinski definition) is 10. The number of fused-ring (bicyclic) bond motifs is 1. The highest BCUT2D eigenvalue weighted by molar-refractivity contribution is 7.07. The van der Waals surface area contributed by atoms with Gasteiger partial charge in [-0.25, -0.2) is 9.79 Å². The lowest BCUT2D eigenvalue weighted by Crippen LogP contribution is -2.40. The van der Waals surface area contributed by atoms with E-state index in [9.17, 15) is 19.7 Å². The number of esters is 1. The second-order valence-electron chi connectivity index (χ2n) is 10.6. The molecule has 0 spiro atoms. The highest BCUT2D eigenvalue weighted by Crippen LogP contribution is 2.38. The van der Waals surface area contributed by atoms with E-state index in [4.69, 9.17) is 14.2 Å². The molecule has 0 saturated carbocycles. The first kappa shape index (κ1) is 30.0. The van der Waals surface area contributed by atoms with Crippen molar-refractivity contribution >= 4 is 34.8 Å². The molecule has 3 heterocycles. The lowest BCUT2D eigenvalue weighted by Gasteiger charge is -2.33. The minimum atomic E-state index is -0.907. The van der Waals surface area contributed by atoms with Gasteiger partial charge in [-0.1, -0.05) is 18.3 Å². The van der Waals surface area contributed by atoms with Gasteiger partial charge in [0.2, 0.25) is 0 Å². The van der Waals surface area contributed by atoms with Gasteiger partial charge < -0.3 is 19.1 Å². The van der Waals surface area contributed by atoms with Crippen LogP contribution in [0.3, 0.4) is 0 Å². The molecule has 0 radical (unpaired) electrons. The maximum atomic E-state index is 14.2. The highest BCUT2D eigenvalue weighted by Gasteiger charge is 2.35. The van der Waals surface area contributed by atoms with Gasteiger partial charge >= 0.3 is 5.97 Å². The van der Waals surface area contributed by atoms with Gasteiger partial charge in [0.1, 0.15) is 17.5 Å². The zero-order chi connectivity index (χ0) is 30.8. The number of hydrogen-bond donors (Lipinski definition) is 0. The number of aromatic nitrogens is 1. The number of thiazole rings is 1. The Labute approximate surface area is 252 Å². The average molecular weight is 607 g/mol. The first-order valence-corrected chi connectivity index (χ1v) is 14.9. The zero-order valence-electron chi connectivity index (χ0n) is 24.8. The minimum Gasteiger partial charge on any atom is -0.497 e. The summed E-state index contributed by atoms with van der Waals surface area (Å²) in [6.45, 7) is 7.42. The fourth-order valence-corrected chi connectivity index (χ4v) is 6.63. The topological polar surface area (TPSA) is 126 Å². The molecule has 2 aromatic carbocycles. The van der Waals surface area contributed by atoms with Crippen LogP contribution in [0.25, 0.3) is 6.08 Å². The maximum Gasteiger partial charge on any atom is 0.338 e. The number of benzene rings is 2. The maximum absolute atomic E-state index is 14.2. The van der Waals surface area contributed by atoms with E-state index in [0.29, 0.717) is 43.6 Å². The van der Waals surface area contributed by atoms with E-state index in [2.05, 4.69) is 16.8 Å². The van der Waals surface area contributed by atoms with Crippen LogP contribution in [0.5, 0.6) is 11.5 Å². The number of anilines is 1. The molecule has 3 aromatic rings. The Balaban J connectivity index is 1.74. The van der Waals surface area contributed by atoms with Gasteiger partial charge in [0.05, 0.1) is 41.6 Å². The summed E-state index contributed by atoms with van der Waals surface area (Å²) in [6, 6.07) is 9.03. The predicted molar refractivity (Wildman–Crippen MR) is 164 cm³/mol. The van der Waals surface area contributed by atoms with Gasteiger partial charge in [0, 0.05) is 42.0 Å². The fourth-order valence-electron chi connectivity index (χ4n) is 5.59. The van der Waals surface area contributed by atoms with Crippen LogP contribution in [-0.4, -0.2) is 49.4 Å². The molecule has 0 amide bonds. The molecule has 1 saturated heterocycles. The van der Waals surface area contributed by atoms with Gasteiger partial charge in [-0.3, -0.25) is 19.5 Å². The number of non-ortho nitro benzene ring substituents is 1. The average Bonchev–Trinajstić information content (AvgIpc) is 3.30. The highest BCUT2D eigenvalue weighted by atomic mass is 32.1. The smallest absolute Gasteiger partial charge is 0.338 e. The van der Waals surface area contributed by atoms with Crippen molar-refractivity contribution < 1.29 is 23.9 Å². The minimum absolute atomic E-state index is 0.0624. The van der Waals surface area contributed by atoms with Crippen molar-refractivity contribution in [2.45, 2.75) is 39.7 Å². The van der Waals surface area contributed by atoms with Crippen molar-refractivity contribution in [3.05, 3.63) is 88.6 Å². The molecule has 0 aliphatic carbocycles. The van der Waals surface area contributed by atoms with Crippen LogP contribution in [0, 0.1) is 16.0 Å². The summed E-state index contributed by atoms with van der Waals surface area (Å²) in [4.78, 5) is 46.0. The molecular formula is C31H34N4O7S. The molecule has 0 unspecified atom stereocenters. The number of nitro groups is 1. The lowest BCUT2D eigenvalue weighted by molar-refractivity contribution is -0.384. The number of rotatable bonds is 8. The molecule has 11 nitrogen and oxygen atoms in total. The third-order valence-corrected chi connectivity index (χ3v) is 8.86. The zero-order valence-corrected chi connectivity index (χ0v) is 25.6. The van der Waals surface area contributed by atoms with Crippen molar-refractivity contribution in [1.29, 1.82) is 0 Å². The Kier molecular flexibility index (Phi) is 8.67. The summed E-state index contributed by atoms with van der Waals surface area (Å²) in [6.07, 6.45) is 3.71. The quantitative estimate of drug-likeness (QED) is 0.214. The van der Waals surface area contributed by atoms with E-state index < -0.39 is 22.5 Å². The molecule has 12 heteroatoms. The van der Waals surface area contributed by atoms with Crippen molar-refractivity contribution in [1.82, 2.24) is 4.57 Å². The van der Waals surface area contributed by atoms with Crippen LogP contribution in [0.1, 0.15) is 50.8 Å². The summed E-state index contributed by atoms with van der Waals surface area (Å²) >= 11 is 1.16. The lowest BCUT2D eigenvalue weighted by atomic mass is 9.94. The number of piperidine rings is 1. The number of ether oxygens (including phenoxy) is 3. The number of allylic oxidation sites excluding steroid dienone is 1. The Morgan fingerprint density at radius 3 is 2.56 bits per heavy atom. The summed E-state index contributed by atoms with van der Waals surface area (Å²) < 4.78 is 18.3. The Hall–Kier alpha value is -4.45.